The van der Waals surface area contributed by atoms with Gasteiger partial charge in [-0.05, 0) is 60.7 Å². The predicted molar refractivity (Wildman–Crippen MR) is 122 cm³/mol. The summed E-state index contributed by atoms with van der Waals surface area (Å²) in [4.78, 5) is 26.5. The molecule has 0 saturated carbocycles. The first kappa shape index (κ1) is 20.3. The highest BCUT2D eigenvalue weighted by Crippen LogP contribution is 2.24. The first-order valence-electron chi connectivity index (χ1n) is 10.0. The molecule has 31 heavy (non-hydrogen) atoms. The summed E-state index contributed by atoms with van der Waals surface area (Å²) < 4.78 is 5.15. The van der Waals surface area contributed by atoms with E-state index in [0.717, 1.165) is 22.8 Å². The van der Waals surface area contributed by atoms with E-state index in [1.807, 2.05) is 78.9 Å². The zero-order chi connectivity index (χ0) is 21.6. The molecule has 3 N–H and O–H groups in total. The van der Waals surface area contributed by atoms with Gasteiger partial charge in [-0.2, -0.15) is 0 Å². The van der Waals surface area contributed by atoms with Crippen molar-refractivity contribution in [3.8, 4) is 5.75 Å². The number of ether oxygens (including phenoxy) is 1. The van der Waals surface area contributed by atoms with E-state index < -0.39 is 0 Å². The van der Waals surface area contributed by atoms with Gasteiger partial charge in [0.25, 0.3) is 0 Å². The Hall–Kier alpha value is -4.00. The number of anilines is 4. The van der Waals surface area contributed by atoms with Gasteiger partial charge >= 0.3 is 6.03 Å². The molecule has 7 nitrogen and oxygen atoms in total. The van der Waals surface area contributed by atoms with Crippen molar-refractivity contribution in [2.75, 3.05) is 29.2 Å². The van der Waals surface area contributed by atoms with Crippen LogP contribution in [0, 0.1) is 0 Å². The molecular formula is C24H24N4O3. The highest BCUT2D eigenvalue weighted by molar-refractivity contribution is 5.97. The molecule has 1 aliphatic rings. The molecule has 0 aromatic heterocycles. The van der Waals surface area contributed by atoms with Gasteiger partial charge in [-0.1, -0.05) is 18.2 Å². The number of urea groups is 1. The number of nitrogens with one attached hydrogen (secondary N) is 3. The second-order valence-electron chi connectivity index (χ2n) is 7.27. The van der Waals surface area contributed by atoms with E-state index in [1.54, 1.807) is 12.0 Å². The lowest BCUT2D eigenvalue weighted by molar-refractivity contribution is -0.117. The summed E-state index contributed by atoms with van der Waals surface area (Å²) in [6, 6.07) is 24.0. The summed E-state index contributed by atoms with van der Waals surface area (Å²) in [5, 5.41) is 9.00. The molecule has 4 rings (SSSR count). The van der Waals surface area contributed by atoms with Gasteiger partial charge in [-0.15, -0.1) is 0 Å². The monoisotopic (exact) mass is 416 g/mol. The Balaban J connectivity index is 1.30. The van der Waals surface area contributed by atoms with Crippen molar-refractivity contribution in [1.29, 1.82) is 0 Å². The second-order valence-corrected chi connectivity index (χ2v) is 7.27. The average Bonchev–Trinajstić information content (AvgIpc) is 3.15. The van der Waals surface area contributed by atoms with Crippen LogP contribution in [0.2, 0.25) is 0 Å². The fraction of sp³-hybridized carbons (Fsp3) is 0.167. The van der Waals surface area contributed by atoms with Crippen LogP contribution in [0.25, 0.3) is 0 Å². The summed E-state index contributed by atoms with van der Waals surface area (Å²) in [6.45, 7) is 0.429. The first-order valence-corrected chi connectivity index (χ1v) is 10.0. The van der Waals surface area contributed by atoms with Crippen LogP contribution in [-0.4, -0.2) is 31.6 Å². The van der Waals surface area contributed by atoms with Crippen LogP contribution in [0.5, 0.6) is 5.75 Å². The molecule has 1 aliphatic heterocycles. The van der Waals surface area contributed by atoms with Crippen LogP contribution in [0.3, 0.4) is 0 Å². The first-order chi connectivity index (χ1) is 15.1. The number of hydrogen-bond donors (Lipinski definition) is 3. The summed E-state index contributed by atoms with van der Waals surface area (Å²) in [5.41, 5.74) is 3.38. The Morgan fingerprint density at radius 1 is 0.903 bits per heavy atom. The van der Waals surface area contributed by atoms with E-state index in [2.05, 4.69) is 16.0 Å². The fourth-order valence-corrected chi connectivity index (χ4v) is 3.49. The number of nitrogens with zero attached hydrogens (tertiary/aromatic N) is 1. The van der Waals surface area contributed by atoms with Gasteiger partial charge in [0.2, 0.25) is 5.91 Å². The van der Waals surface area contributed by atoms with Gasteiger partial charge in [0, 0.05) is 35.7 Å². The number of carbonyl (C=O) groups is 2. The lowest BCUT2D eigenvalue weighted by Gasteiger charge is -2.18. The number of benzene rings is 3. The molecule has 0 spiro atoms. The van der Waals surface area contributed by atoms with Crippen molar-refractivity contribution < 1.29 is 14.3 Å². The van der Waals surface area contributed by atoms with Gasteiger partial charge in [0.15, 0.2) is 0 Å². The van der Waals surface area contributed by atoms with Crippen LogP contribution >= 0.6 is 0 Å². The van der Waals surface area contributed by atoms with Crippen molar-refractivity contribution in [2.45, 2.75) is 12.5 Å². The third-order valence-corrected chi connectivity index (χ3v) is 5.05. The van der Waals surface area contributed by atoms with E-state index in [9.17, 15) is 9.59 Å². The Bertz CT molecular complexity index is 1040. The molecule has 1 saturated heterocycles. The molecule has 3 aromatic carbocycles. The lowest BCUT2D eigenvalue weighted by Crippen LogP contribution is -2.39. The number of methoxy groups -OCH3 is 1. The average molecular weight is 416 g/mol. The molecule has 3 aromatic rings. The third-order valence-electron chi connectivity index (χ3n) is 5.05. The van der Waals surface area contributed by atoms with Crippen LogP contribution in [0.15, 0.2) is 78.9 Å². The standard InChI is InChI=1S/C24H24N4O3/c1-31-22-13-11-21(12-14-22)28-16-20(15-23(28)29)27-24(30)26-19-9-7-18(8-10-19)25-17-5-3-2-4-6-17/h2-14,20,25H,15-16H2,1H3,(H2,26,27,30)/t20-/m0/s1. The Morgan fingerprint density at radius 3 is 2.23 bits per heavy atom. The molecule has 158 valence electrons. The number of hydrogen-bond acceptors (Lipinski definition) is 4. The van der Waals surface area contributed by atoms with Gasteiger partial charge in [0.1, 0.15) is 5.75 Å². The Morgan fingerprint density at radius 2 is 1.55 bits per heavy atom. The van der Waals surface area contributed by atoms with E-state index >= 15 is 0 Å². The maximum Gasteiger partial charge on any atom is 0.319 e. The van der Waals surface area contributed by atoms with E-state index in [1.165, 1.54) is 0 Å². The van der Waals surface area contributed by atoms with E-state index in [-0.39, 0.29) is 24.4 Å². The molecule has 1 atom stereocenters. The van der Waals surface area contributed by atoms with Gasteiger partial charge in [0.05, 0.1) is 13.2 Å². The fourth-order valence-electron chi connectivity index (χ4n) is 3.49. The smallest absolute Gasteiger partial charge is 0.319 e. The van der Waals surface area contributed by atoms with Crippen LogP contribution in [-0.2, 0) is 4.79 Å². The highest BCUT2D eigenvalue weighted by atomic mass is 16.5. The number of amides is 3. The maximum atomic E-state index is 12.4. The molecule has 0 bridgehead atoms. The van der Waals surface area contributed by atoms with E-state index in [0.29, 0.717) is 12.2 Å². The van der Waals surface area contributed by atoms with Crippen molar-refractivity contribution in [3.05, 3.63) is 78.9 Å². The lowest BCUT2D eigenvalue weighted by atomic mass is 10.2. The molecule has 0 unspecified atom stereocenters. The minimum atomic E-state index is -0.335. The summed E-state index contributed by atoms with van der Waals surface area (Å²) in [7, 11) is 1.60. The highest BCUT2D eigenvalue weighted by Gasteiger charge is 2.31. The molecule has 0 radical (unpaired) electrons. The normalized spacial score (nSPS) is 15.5. The van der Waals surface area contributed by atoms with Gasteiger partial charge in [-0.3, -0.25) is 4.79 Å². The zero-order valence-corrected chi connectivity index (χ0v) is 17.2. The molecule has 7 heteroatoms. The molecule has 1 heterocycles. The van der Waals surface area contributed by atoms with E-state index in [4.69, 9.17) is 4.74 Å². The van der Waals surface area contributed by atoms with Gasteiger partial charge in [-0.25, -0.2) is 4.79 Å². The van der Waals surface area contributed by atoms with Crippen molar-refractivity contribution in [3.63, 3.8) is 0 Å². The number of rotatable bonds is 6. The van der Waals surface area contributed by atoms with Crippen LogP contribution in [0.1, 0.15) is 6.42 Å². The molecule has 3 amide bonds. The number of carbonyl (C=O) groups excluding carboxylic acids is 2. The Kier molecular flexibility index (Phi) is 6.03. The quantitative estimate of drug-likeness (QED) is 0.557. The summed E-state index contributed by atoms with van der Waals surface area (Å²) in [5.74, 6) is 0.709. The predicted octanol–water partition coefficient (Wildman–Crippen LogP) is 4.37. The number of para-hydroxylation sites is 1. The Labute approximate surface area is 181 Å². The van der Waals surface area contributed by atoms with Crippen molar-refractivity contribution in [1.82, 2.24) is 5.32 Å². The topological polar surface area (TPSA) is 82.7 Å². The van der Waals surface area contributed by atoms with Crippen molar-refractivity contribution in [2.24, 2.45) is 0 Å². The van der Waals surface area contributed by atoms with Crippen LogP contribution < -0.4 is 25.6 Å². The SMILES string of the molecule is COc1ccc(N2C[C@@H](NC(=O)Nc3ccc(Nc4ccccc4)cc3)CC2=O)cc1. The minimum Gasteiger partial charge on any atom is -0.497 e. The summed E-state index contributed by atoms with van der Waals surface area (Å²) in [6.07, 6.45) is 0.263. The minimum absolute atomic E-state index is 0.0215. The molecule has 1 fully saturated rings. The maximum absolute atomic E-state index is 12.4. The van der Waals surface area contributed by atoms with Crippen LogP contribution in [0.4, 0.5) is 27.5 Å². The van der Waals surface area contributed by atoms with Gasteiger partial charge < -0.3 is 25.6 Å². The largest absolute Gasteiger partial charge is 0.497 e. The zero-order valence-electron chi connectivity index (χ0n) is 17.2. The second kappa shape index (κ2) is 9.21. The molecular weight excluding hydrogens is 392 g/mol. The van der Waals surface area contributed by atoms with Crippen molar-refractivity contribution >= 4 is 34.7 Å². The summed E-state index contributed by atoms with van der Waals surface area (Å²) >= 11 is 0. The third kappa shape index (κ3) is 5.14. The molecule has 0 aliphatic carbocycles.